The Morgan fingerprint density at radius 2 is 1.68 bits per heavy atom. The molecule has 1 saturated heterocycles. The number of amides is 5. The quantitative estimate of drug-likeness (QED) is 0.431. The largest absolute Gasteiger partial charge is 0.573 e. The number of nitrogens with one attached hydrogen (secondary N) is 2. The number of aromatic nitrogens is 1. The standard InChI is InChI=1S/C25H22F3N5O4/c1-24(2)21(34)33(18-8-10-19(11-9-18)37-25(26,27)28)23(36)32(24)15-16-12-13-29-20(14-16)31-22(35)30-17-6-4-3-5-7-17/h3-14H,15H2,1-2H3,(H2,29,30,31,35). The Hall–Kier alpha value is -4.61. The zero-order chi connectivity index (χ0) is 26.8. The van der Waals surface area contributed by atoms with Crippen LogP contribution in [0.4, 0.5) is 40.0 Å². The van der Waals surface area contributed by atoms with Gasteiger partial charge in [0.15, 0.2) is 0 Å². The Bertz CT molecular complexity index is 1310. The number of hydrogen-bond acceptors (Lipinski definition) is 5. The molecule has 1 aromatic heterocycles. The van der Waals surface area contributed by atoms with Gasteiger partial charge in [-0.2, -0.15) is 0 Å². The summed E-state index contributed by atoms with van der Waals surface area (Å²) in [5.74, 6) is -0.782. The Morgan fingerprint density at radius 3 is 2.32 bits per heavy atom. The van der Waals surface area contributed by atoms with Crippen LogP contribution in [-0.2, 0) is 11.3 Å². The number of hydrogen-bond donors (Lipinski definition) is 2. The van der Waals surface area contributed by atoms with Gasteiger partial charge in [0.1, 0.15) is 17.1 Å². The van der Waals surface area contributed by atoms with Gasteiger partial charge in [-0.3, -0.25) is 10.1 Å². The lowest BCUT2D eigenvalue weighted by Gasteiger charge is -2.27. The molecule has 1 aliphatic heterocycles. The number of alkyl halides is 3. The summed E-state index contributed by atoms with van der Waals surface area (Å²) in [6.45, 7) is 3.16. The van der Waals surface area contributed by atoms with Gasteiger partial charge in [0.05, 0.1) is 5.69 Å². The number of imide groups is 1. The number of ether oxygens (including phenoxy) is 1. The second-order valence-corrected chi connectivity index (χ2v) is 8.60. The van der Waals surface area contributed by atoms with Crippen molar-refractivity contribution in [3.05, 3.63) is 78.5 Å². The Kier molecular flexibility index (Phi) is 6.75. The van der Waals surface area contributed by atoms with E-state index in [1.807, 2.05) is 6.07 Å². The number of urea groups is 2. The van der Waals surface area contributed by atoms with Gasteiger partial charge < -0.3 is 15.0 Å². The van der Waals surface area contributed by atoms with Gasteiger partial charge in [-0.05, 0) is 67.9 Å². The van der Waals surface area contributed by atoms with Crippen LogP contribution < -0.4 is 20.3 Å². The van der Waals surface area contributed by atoms with Crippen LogP contribution in [0.25, 0.3) is 0 Å². The second-order valence-electron chi connectivity index (χ2n) is 8.60. The molecule has 9 nitrogen and oxygen atoms in total. The minimum Gasteiger partial charge on any atom is -0.406 e. The van der Waals surface area contributed by atoms with Crippen LogP contribution in [-0.4, -0.2) is 39.8 Å². The van der Waals surface area contributed by atoms with Crippen molar-refractivity contribution >= 4 is 35.2 Å². The third-order valence-electron chi connectivity index (χ3n) is 5.59. The molecule has 3 aromatic rings. The summed E-state index contributed by atoms with van der Waals surface area (Å²) in [5.41, 5.74) is 0.0432. The van der Waals surface area contributed by atoms with E-state index in [2.05, 4.69) is 20.4 Å². The maximum atomic E-state index is 13.2. The summed E-state index contributed by atoms with van der Waals surface area (Å²) in [6, 6.07) is 15.3. The summed E-state index contributed by atoms with van der Waals surface area (Å²) in [4.78, 5) is 45.0. The molecular formula is C25H22F3N5O4. The van der Waals surface area contributed by atoms with Crippen LogP contribution in [0.15, 0.2) is 72.9 Å². The highest BCUT2D eigenvalue weighted by Crippen LogP contribution is 2.34. The molecule has 4 rings (SSSR count). The molecule has 0 atom stereocenters. The number of halogens is 3. The van der Waals surface area contributed by atoms with Crippen molar-refractivity contribution in [2.45, 2.75) is 32.3 Å². The molecule has 5 amide bonds. The smallest absolute Gasteiger partial charge is 0.406 e. The molecule has 0 aliphatic carbocycles. The molecule has 2 N–H and O–H groups in total. The van der Waals surface area contributed by atoms with Crippen molar-refractivity contribution in [2.24, 2.45) is 0 Å². The van der Waals surface area contributed by atoms with Crippen molar-refractivity contribution in [2.75, 3.05) is 15.5 Å². The molecule has 1 fully saturated rings. The minimum atomic E-state index is -4.86. The number of carbonyl (C=O) groups excluding carboxylic acids is 3. The highest BCUT2D eigenvalue weighted by molar-refractivity contribution is 6.22. The number of benzene rings is 2. The maximum absolute atomic E-state index is 13.2. The van der Waals surface area contributed by atoms with Crippen LogP contribution in [0.2, 0.25) is 0 Å². The first-order valence-corrected chi connectivity index (χ1v) is 11.0. The summed E-state index contributed by atoms with van der Waals surface area (Å²) >= 11 is 0. The fourth-order valence-corrected chi connectivity index (χ4v) is 3.75. The van der Waals surface area contributed by atoms with Gasteiger partial charge >= 0.3 is 18.4 Å². The summed E-state index contributed by atoms with van der Waals surface area (Å²) in [6.07, 6.45) is -3.40. The van der Waals surface area contributed by atoms with E-state index in [-0.39, 0.29) is 18.1 Å². The molecule has 12 heteroatoms. The van der Waals surface area contributed by atoms with Gasteiger partial charge in [0.2, 0.25) is 0 Å². The molecule has 0 unspecified atom stereocenters. The van der Waals surface area contributed by atoms with Crippen LogP contribution in [0.1, 0.15) is 19.4 Å². The van der Waals surface area contributed by atoms with Crippen molar-refractivity contribution < 1.29 is 32.3 Å². The first-order valence-electron chi connectivity index (χ1n) is 11.0. The van der Waals surface area contributed by atoms with Crippen molar-refractivity contribution in [3.8, 4) is 5.75 Å². The van der Waals surface area contributed by atoms with E-state index in [4.69, 9.17) is 0 Å². The van der Waals surface area contributed by atoms with Gasteiger partial charge in [-0.15, -0.1) is 13.2 Å². The lowest BCUT2D eigenvalue weighted by Crippen LogP contribution is -2.43. The molecule has 37 heavy (non-hydrogen) atoms. The van der Waals surface area contributed by atoms with Gasteiger partial charge in [-0.25, -0.2) is 19.5 Å². The van der Waals surface area contributed by atoms with E-state index in [9.17, 15) is 27.6 Å². The first kappa shape index (κ1) is 25.5. The molecule has 2 heterocycles. The van der Waals surface area contributed by atoms with E-state index < -0.39 is 35.6 Å². The van der Waals surface area contributed by atoms with Crippen molar-refractivity contribution in [1.29, 1.82) is 0 Å². The third-order valence-corrected chi connectivity index (χ3v) is 5.59. The summed E-state index contributed by atoms with van der Waals surface area (Å²) < 4.78 is 41.2. The summed E-state index contributed by atoms with van der Waals surface area (Å²) in [7, 11) is 0. The SMILES string of the molecule is CC1(C)C(=O)N(c2ccc(OC(F)(F)F)cc2)C(=O)N1Cc1ccnc(NC(=O)Nc2ccccc2)c1. The van der Waals surface area contributed by atoms with E-state index in [1.54, 1.807) is 50.2 Å². The Morgan fingerprint density at radius 1 is 1.00 bits per heavy atom. The third kappa shape index (κ3) is 5.80. The molecule has 0 radical (unpaired) electrons. The Balaban J connectivity index is 1.48. The van der Waals surface area contributed by atoms with E-state index in [0.29, 0.717) is 11.3 Å². The number of pyridine rings is 1. The topological polar surface area (TPSA) is 104 Å². The van der Waals surface area contributed by atoms with Crippen LogP contribution >= 0.6 is 0 Å². The monoisotopic (exact) mass is 513 g/mol. The minimum absolute atomic E-state index is 0.0147. The number of rotatable bonds is 6. The first-order chi connectivity index (χ1) is 17.4. The van der Waals surface area contributed by atoms with E-state index in [1.165, 1.54) is 23.2 Å². The van der Waals surface area contributed by atoms with Gasteiger partial charge in [0, 0.05) is 18.4 Å². The highest BCUT2D eigenvalue weighted by Gasteiger charge is 2.51. The zero-order valence-electron chi connectivity index (χ0n) is 19.7. The van der Waals surface area contributed by atoms with Crippen LogP contribution in [0.5, 0.6) is 5.75 Å². The normalized spacial score (nSPS) is 15.1. The maximum Gasteiger partial charge on any atom is 0.573 e. The number of anilines is 3. The zero-order valence-corrected chi connectivity index (χ0v) is 19.7. The van der Waals surface area contributed by atoms with Gasteiger partial charge in [0.25, 0.3) is 5.91 Å². The second kappa shape index (κ2) is 9.80. The fourth-order valence-electron chi connectivity index (χ4n) is 3.75. The lowest BCUT2D eigenvalue weighted by molar-refractivity contribution is -0.274. The number of nitrogens with zero attached hydrogens (tertiary/aromatic N) is 3. The number of carbonyl (C=O) groups is 3. The molecule has 1 aliphatic rings. The fraction of sp³-hybridized carbons (Fsp3) is 0.200. The van der Waals surface area contributed by atoms with Crippen LogP contribution in [0.3, 0.4) is 0 Å². The molecule has 0 saturated carbocycles. The van der Waals surface area contributed by atoms with Gasteiger partial charge in [-0.1, -0.05) is 18.2 Å². The Labute approximate surface area is 209 Å². The average molecular weight is 513 g/mol. The predicted molar refractivity (Wildman–Crippen MR) is 129 cm³/mol. The summed E-state index contributed by atoms with van der Waals surface area (Å²) in [5, 5.41) is 5.29. The van der Waals surface area contributed by atoms with E-state index in [0.717, 1.165) is 17.0 Å². The molecular weight excluding hydrogens is 491 g/mol. The lowest BCUT2D eigenvalue weighted by atomic mass is 10.0. The predicted octanol–water partition coefficient (Wildman–Crippen LogP) is 5.37. The highest BCUT2D eigenvalue weighted by atomic mass is 19.4. The molecule has 0 bridgehead atoms. The van der Waals surface area contributed by atoms with Crippen molar-refractivity contribution in [3.63, 3.8) is 0 Å². The van der Waals surface area contributed by atoms with E-state index >= 15 is 0 Å². The molecule has 0 spiro atoms. The molecule has 192 valence electrons. The van der Waals surface area contributed by atoms with Crippen molar-refractivity contribution in [1.82, 2.24) is 9.88 Å². The number of para-hydroxylation sites is 1. The average Bonchev–Trinajstić information content (AvgIpc) is 2.99. The molecule has 2 aromatic carbocycles. The van der Waals surface area contributed by atoms with Crippen LogP contribution in [0, 0.1) is 0 Å².